The highest BCUT2D eigenvalue weighted by atomic mass is 35.5. The summed E-state index contributed by atoms with van der Waals surface area (Å²) < 4.78 is 30.5. The van der Waals surface area contributed by atoms with Gasteiger partial charge >= 0.3 is 0 Å². The Morgan fingerprint density at radius 2 is 2.07 bits per heavy atom. The Hall–Kier alpha value is -2.15. The molecule has 158 valence electrons. The number of nitrogens with two attached hydrogens (primary N) is 1. The third-order valence-electron chi connectivity index (χ3n) is 5.74. The van der Waals surface area contributed by atoms with E-state index >= 15 is 0 Å². The molecule has 0 unspecified atom stereocenters. The van der Waals surface area contributed by atoms with Crippen LogP contribution in [0, 0.1) is 11.3 Å². The molecule has 0 amide bonds. The van der Waals surface area contributed by atoms with E-state index in [2.05, 4.69) is 23.2 Å². The van der Waals surface area contributed by atoms with Crippen LogP contribution in [0.5, 0.6) is 5.75 Å². The maximum Gasteiger partial charge on any atom is 0.241 e. The van der Waals surface area contributed by atoms with Crippen molar-refractivity contribution in [1.29, 1.82) is 5.26 Å². The van der Waals surface area contributed by atoms with Gasteiger partial charge in [-0.05, 0) is 30.7 Å². The zero-order valence-corrected chi connectivity index (χ0v) is 18.1. The molecule has 0 saturated carbocycles. The van der Waals surface area contributed by atoms with E-state index in [9.17, 15) is 13.7 Å². The first-order valence-electron chi connectivity index (χ1n) is 9.72. The molecule has 0 aromatic heterocycles. The van der Waals surface area contributed by atoms with E-state index in [1.165, 1.54) is 6.07 Å². The number of nitrogens with one attached hydrogen (secondary N) is 1. The Labute approximate surface area is 181 Å². The number of ether oxygens (including phenoxy) is 1. The number of fused-ring (bicyclic) bond motifs is 1. The van der Waals surface area contributed by atoms with Crippen LogP contribution in [0.15, 0.2) is 47.4 Å². The molecule has 9 heteroatoms. The average Bonchev–Trinajstić information content (AvgIpc) is 3.00. The summed E-state index contributed by atoms with van der Waals surface area (Å²) in [4.78, 5) is 1.10. The van der Waals surface area contributed by atoms with E-state index in [-0.39, 0.29) is 16.7 Å². The summed E-state index contributed by atoms with van der Waals surface area (Å²) in [5.41, 5.74) is 2.17. The monoisotopic (exact) mass is 446 g/mol. The summed E-state index contributed by atoms with van der Waals surface area (Å²) in [6.07, 6.45) is -0.251. The Bertz CT molecular complexity index is 1120. The fraction of sp³-hybridized carbons (Fsp3) is 0.381. The van der Waals surface area contributed by atoms with Crippen molar-refractivity contribution >= 4 is 21.6 Å². The van der Waals surface area contributed by atoms with E-state index in [1.807, 2.05) is 6.07 Å². The summed E-state index contributed by atoms with van der Waals surface area (Å²) in [6.45, 7) is 4.27. The molecule has 2 aliphatic rings. The highest BCUT2D eigenvalue weighted by molar-refractivity contribution is 7.89. The van der Waals surface area contributed by atoms with E-state index in [0.717, 1.165) is 17.7 Å². The van der Waals surface area contributed by atoms with Crippen LogP contribution in [-0.2, 0) is 16.4 Å². The summed E-state index contributed by atoms with van der Waals surface area (Å²) in [5.74, 6) is 0.147. The number of nitriles is 1. The van der Waals surface area contributed by atoms with Crippen LogP contribution in [0.3, 0.4) is 0 Å². The van der Waals surface area contributed by atoms with Crippen molar-refractivity contribution in [2.45, 2.75) is 35.4 Å². The van der Waals surface area contributed by atoms with Crippen LogP contribution >= 0.6 is 11.6 Å². The SMILES string of the molecule is C[C@@H]1CN([C@]2(Cl)Cc3c(C#N)cccc3[C@@H]2Oc2ccccc2S(N)(=O)=O)CCN1. The molecule has 1 aliphatic heterocycles. The van der Waals surface area contributed by atoms with Gasteiger partial charge < -0.3 is 10.1 Å². The van der Waals surface area contributed by atoms with Gasteiger partial charge in [0.25, 0.3) is 0 Å². The molecule has 2 aromatic rings. The third-order valence-corrected chi connectivity index (χ3v) is 7.26. The van der Waals surface area contributed by atoms with E-state index in [1.54, 1.807) is 30.3 Å². The number of sulfonamides is 1. The molecule has 0 bridgehead atoms. The molecular formula is C21H23ClN4O3S. The summed E-state index contributed by atoms with van der Waals surface area (Å²) in [5, 5.41) is 18.4. The lowest BCUT2D eigenvalue weighted by molar-refractivity contribution is 0.0305. The quantitative estimate of drug-likeness (QED) is 0.550. The number of piperazine rings is 1. The Morgan fingerprint density at radius 3 is 2.77 bits per heavy atom. The van der Waals surface area contributed by atoms with Crippen molar-refractivity contribution in [3.8, 4) is 11.8 Å². The van der Waals surface area contributed by atoms with Gasteiger partial charge in [-0.1, -0.05) is 35.9 Å². The fourth-order valence-corrected chi connectivity index (χ4v) is 5.46. The highest BCUT2D eigenvalue weighted by Crippen LogP contribution is 2.50. The van der Waals surface area contributed by atoms with Crippen LogP contribution in [0.2, 0.25) is 0 Å². The molecule has 3 N–H and O–H groups in total. The number of halogens is 1. The first-order chi connectivity index (χ1) is 14.2. The van der Waals surface area contributed by atoms with Crippen molar-refractivity contribution in [3.05, 3.63) is 59.2 Å². The van der Waals surface area contributed by atoms with Crippen LogP contribution in [-0.4, -0.2) is 44.0 Å². The molecule has 0 spiro atoms. The van der Waals surface area contributed by atoms with Crippen LogP contribution in [0.25, 0.3) is 0 Å². The van der Waals surface area contributed by atoms with Crippen molar-refractivity contribution < 1.29 is 13.2 Å². The number of benzene rings is 2. The van der Waals surface area contributed by atoms with Crippen molar-refractivity contribution in [2.75, 3.05) is 19.6 Å². The molecule has 0 radical (unpaired) electrons. The second-order valence-electron chi connectivity index (χ2n) is 7.77. The number of nitrogens with zero attached hydrogens (tertiary/aromatic N) is 2. The molecule has 30 heavy (non-hydrogen) atoms. The minimum absolute atomic E-state index is 0.0948. The smallest absolute Gasteiger partial charge is 0.241 e. The lowest BCUT2D eigenvalue weighted by Crippen LogP contribution is -2.59. The number of para-hydroxylation sites is 1. The third kappa shape index (κ3) is 3.68. The van der Waals surface area contributed by atoms with Gasteiger partial charge in [0.2, 0.25) is 10.0 Å². The Balaban J connectivity index is 1.82. The number of hydrogen-bond acceptors (Lipinski definition) is 6. The molecule has 1 saturated heterocycles. The van der Waals surface area contributed by atoms with E-state index in [0.29, 0.717) is 25.1 Å². The number of primary sulfonamides is 1. The highest BCUT2D eigenvalue weighted by Gasteiger charge is 2.52. The fourth-order valence-electron chi connectivity index (χ4n) is 4.34. The number of hydrogen-bond donors (Lipinski definition) is 2. The molecule has 1 fully saturated rings. The molecule has 1 aliphatic carbocycles. The summed E-state index contributed by atoms with van der Waals surface area (Å²) >= 11 is 7.27. The minimum atomic E-state index is -3.98. The predicted octanol–water partition coefficient (Wildman–Crippen LogP) is 2.11. The molecular weight excluding hydrogens is 424 g/mol. The number of rotatable bonds is 4. The lowest BCUT2D eigenvalue weighted by atomic mass is 10.0. The summed E-state index contributed by atoms with van der Waals surface area (Å²) in [6, 6.07) is 14.2. The van der Waals surface area contributed by atoms with Gasteiger partial charge in [-0.15, -0.1) is 0 Å². The Morgan fingerprint density at radius 1 is 1.30 bits per heavy atom. The van der Waals surface area contributed by atoms with Crippen LogP contribution < -0.4 is 15.2 Å². The first kappa shape index (κ1) is 21.1. The van der Waals surface area contributed by atoms with Crippen molar-refractivity contribution in [2.24, 2.45) is 5.14 Å². The molecule has 2 aromatic carbocycles. The zero-order valence-electron chi connectivity index (χ0n) is 16.5. The summed E-state index contributed by atoms with van der Waals surface area (Å²) in [7, 11) is -3.98. The zero-order chi connectivity index (χ0) is 21.5. The average molecular weight is 447 g/mol. The van der Waals surface area contributed by atoms with Gasteiger partial charge in [-0.2, -0.15) is 5.26 Å². The lowest BCUT2D eigenvalue weighted by Gasteiger charge is -2.44. The predicted molar refractivity (Wildman–Crippen MR) is 114 cm³/mol. The minimum Gasteiger partial charge on any atom is -0.481 e. The normalized spacial score (nSPS) is 26.7. The molecule has 7 nitrogen and oxygen atoms in total. The van der Waals surface area contributed by atoms with Gasteiger partial charge in [0, 0.05) is 37.7 Å². The first-order valence-corrected chi connectivity index (χ1v) is 11.6. The Kier molecular flexibility index (Phi) is 5.51. The van der Waals surface area contributed by atoms with Gasteiger partial charge in [-0.3, -0.25) is 4.90 Å². The van der Waals surface area contributed by atoms with E-state index in [4.69, 9.17) is 21.5 Å². The molecule has 3 atom stereocenters. The van der Waals surface area contributed by atoms with Crippen molar-refractivity contribution in [3.63, 3.8) is 0 Å². The van der Waals surface area contributed by atoms with Crippen LogP contribution in [0.4, 0.5) is 0 Å². The van der Waals surface area contributed by atoms with Crippen molar-refractivity contribution in [1.82, 2.24) is 10.2 Å². The maximum absolute atomic E-state index is 12.1. The largest absolute Gasteiger partial charge is 0.481 e. The topological polar surface area (TPSA) is 108 Å². The number of alkyl halides is 1. The molecule has 1 heterocycles. The second-order valence-corrected chi connectivity index (χ2v) is 9.96. The second kappa shape index (κ2) is 7.84. The van der Waals surface area contributed by atoms with Gasteiger partial charge in [0.05, 0.1) is 11.6 Å². The van der Waals surface area contributed by atoms with Gasteiger partial charge in [0.15, 0.2) is 6.10 Å². The van der Waals surface area contributed by atoms with E-state index < -0.39 is 21.1 Å². The van der Waals surface area contributed by atoms with Gasteiger partial charge in [-0.25, -0.2) is 13.6 Å². The van der Waals surface area contributed by atoms with Gasteiger partial charge in [0.1, 0.15) is 15.6 Å². The maximum atomic E-state index is 12.1. The van der Waals surface area contributed by atoms with Crippen LogP contribution in [0.1, 0.15) is 29.7 Å². The molecule has 4 rings (SSSR count). The standard InChI is InChI=1S/C21H23ClN4O3S/c1-14-13-26(10-9-25-14)21(22)11-17-15(12-23)5-4-6-16(17)20(21)29-18-7-2-3-8-19(18)30(24,27)28/h2-8,14,20,25H,9-11,13H2,1H3,(H2,24,27,28)/t14-,20+,21-/m1/s1.